The largest absolute Gasteiger partial charge is 0.380 e. The van der Waals surface area contributed by atoms with Gasteiger partial charge in [-0.15, -0.1) is 0 Å². The Kier molecular flexibility index (Phi) is 10.1. The fourth-order valence-electron chi connectivity index (χ4n) is 2.07. The Hall–Kier alpha value is -1.57. The van der Waals surface area contributed by atoms with Crippen molar-refractivity contribution in [3.63, 3.8) is 0 Å². The van der Waals surface area contributed by atoms with Gasteiger partial charge >= 0.3 is 5.69 Å². The molecule has 136 valence electrons. The lowest BCUT2D eigenvalue weighted by molar-refractivity contribution is -0.383. The Bertz CT molecular complexity index is 479. The van der Waals surface area contributed by atoms with E-state index in [1.165, 1.54) is 0 Å². The molecule has 7 nitrogen and oxygen atoms in total. The second-order valence-corrected chi connectivity index (χ2v) is 5.62. The molecule has 1 rings (SSSR count). The predicted octanol–water partition coefficient (Wildman–Crippen LogP) is 3.93. The number of halogens is 1. The van der Waals surface area contributed by atoms with Crippen LogP contribution >= 0.6 is 11.6 Å². The molecule has 0 amide bonds. The summed E-state index contributed by atoms with van der Waals surface area (Å²) in [4.78, 5) is 11.0. The summed E-state index contributed by atoms with van der Waals surface area (Å²) in [6.07, 6.45) is 1.87. The molecule has 0 aliphatic carbocycles. The fraction of sp³-hybridized carbons (Fsp3) is 0.625. The zero-order chi connectivity index (χ0) is 17.8. The summed E-state index contributed by atoms with van der Waals surface area (Å²) in [5.41, 5.74) is 0.736. The normalized spacial score (nSPS) is 10.6. The number of benzene rings is 1. The van der Waals surface area contributed by atoms with Crippen molar-refractivity contribution in [3.05, 3.63) is 27.3 Å². The van der Waals surface area contributed by atoms with Crippen molar-refractivity contribution in [2.75, 3.05) is 50.2 Å². The van der Waals surface area contributed by atoms with Crippen molar-refractivity contribution in [2.24, 2.45) is 0 Å². The van der Waals surface area contributed by atoms with E-state index in [4.69, 9.17) is 21.1 Å². The third-order valence-electron chi connectivity index (χ3n) is 3.08. The molecule has 0 spiro atoms. The molecular weight excluding hydrogens is 334 g/mol. The lowest BCUT2D eigenvalue weighted by Crippen LogP contribution is -2.14. The van der Waals surface area contributed by atoms with Crippen LogP contribution in [-0.4, -0.2) is 44.4 Å². The molecule has 0 radical (unpaired) electrons. The van der Waals surface area contributed by atoms with Gasteiger partial charge in [0.15, 0.2) is 0 Å². The van der Waals surface area contributed by atoms with E-state index < -0.39 is 4.92 Å². The van der Waals surface area contributed by atoms with Crippen molar-refractivity contribution in [1.29, 1.82) is 0 Å². The Morgan fingerprint density at radius 1 is 1.00 bits per heavy atom. The van der Waals surface area contributed by atoms with Gasteiger partial charge in [0.05, 0.1) is 18.1 Å². The van der Waals surface area contributed by atoms with Gasteiger partial charge in [-0.3, -0.25) is 10.1 Å². The summed E-state index contributed by atoms with van der Waals surface area (Å²) in [5.74, 6) is 0. The van der Waals surface area contributed by atoms with Crippen LogP contribution in [0, 0.1) is 10.1 Å². The number of nitrogens with one attached hydrogen (secondary N) is 2. The molecule has 0 unspecified atom stereocenters. The summed E-state index contributed by atoms with van der Waals surface area (Å²) < 4.78 is 10.7. The number of rotatable bonds is 13. The third-order valence-corrected chi connectivity index (χ3v) is 3.30. The number of hydrogen-bond donors (Lipinski definition) is 2. The van der Waals surface area contributed by atoms with E-state index >= 15 is 0 Å². The topological polar surface area (TPSA) is 85.7 Å². The number of ether oxygens (including phenoxy) is 2. The molecule has 0 aliphatic rings. The Balaban J connectivity index is 2.73. The first-order valence-electron chi connectivity index (χ1n) is 8.21. The highest BCUT2D eigenvalue weighted by Crippen LogP contribution is 2.36. The highest BCUT2D eigenvalue weighted by molar-refractivity contribution is 6.31. The van der Waals surface area contributed by atoms with Gasteiger partial charge < -0.3 is 20.1 Å². The number of nitro benzene ring substituents is 1. The summed E-state index contributed by atoms with van der Waals surface area (Å²) >= 11 is 6.09. The summed E-state index contributed by atoms with van der Waals surface area (Å²) in [6, 6.07) is 3.11. The van der Waals surface area contributed by atoms with Gasteiger partial charge in [-0.2, -0.15) is 0 Å². The fourth-order valence-corrected chi connectivity index (χ4v) is 2.29. The third kappa shape index (κ3) is 7.33. The minimum absolute atomic E-state index is 0.0228. The second-order valence-electron chi connectivity index (χ2n) is 5.18. The average Bonchev–Trinajstić information content (AvgIpc) is 2.53. The lowest BCUT2D eigenvalue weighted by atomic mass is 10.2. The molecule has 0 bridgehead atoms. The standard InChI is InChI=1S/C16H26ClN3O4/c1-3-7-23-9-5-18-14-11-13(17)12-15(16(14)20(21)22)19-6-10-24-8-4-2/h11-12,18-19H,3-10H2,1-2H3. The molecule has 8 heteroatoms. The van der Waals surface area contributed by atoms with Crippen molar-refractivity contribution in [1.82, 2.24) is 0 Å². The van der Waals surface area contributed by atoms with Gasteiger partial charge in [0.2, 0.25) is 0 Å². The van der Waals surface area contributed by atoms with E-state index in [0.717, 1.165) is 12.8 Å². The molecule has 0 saturated heterocycles. The van der Waals surface area contributed by atoms with Crippen LogP contribution in [0.2, 0.25) is 5.02 Å². The van der Waals surface area contributed by atoms with Crippen LogP contribution in [0.15, 0.2) is 12.1 Å². The van der Waals surface area contributed by atoms with Gasteiger partial charge in [-0.05, 0) is 25.0 Å². The number of nitrogens with zero attached hydrogens (tertiary/aromatic N) is 1. The zero-order valence-corrected chi connectivity index (χ0v) is 15.0. The second kappa shape index (κ2) is 11.9. The summed E-state index contributed by atoms with van der Waals surface area (Å²) in [6.45, 7) is 7.29. The van der Waals surface area contributed by atoms with Gasteiger partial charge in [0, 0.05) is 31.3 Å². The van der Waals surface area contributed by atoms with E-state index in [2.05, 4.69) is 10.6 Å². The SMILES string of the molecule is CCCOCCNc1cc(Cl)cc(NCCOCCC)c1[N+](=O)[O-]. The van der Waals surface area contributed by atoms with E-state index in [1.54, 1.807) is 12.1 Å². The molecule has 2 N–H and O–H groups in total. The number of hydrogen-bond acceptors (Lipinski definition) is 6. The van der Waals surface area contributed by atoms with Gasteiger partial charge in [-0.25, -0.2) is 0 Å². The maximum Gasteiger partial charge on any atom is 0.315 e. The minimum Gasteiger partial charge on any atom is -0.380 e. The Labute approximate surface area is 147 Å². The number of anilines is 2. The Morgan fingerprint density at radius 2 is 1.46 bits per heavy atom. The first-order chi connectivity index (χ1) is 11.6. The van der Waals surface area contributed by atoms with Crippen LogP contribution in [0.3, 0.4) is 0 Å². The molecule has 0 atom stereocenters. The average molecular weight is 360 g/mol. The maximum absolute atomic E-state index is 11.4. The van der Waals surface area contributed by atoms with E-state index in [-0.39, 0.29) is 5.69 Å². The molecule has 0 aliphatic heterocycles. The monoisotopic (exact) mass is 359 g/mol. The minimum atomic E-state index is -0.416. The van der Waals surface area contributed by atoms with Gasteiger partial charge in [0.25, 0.3) is 0 Å². The maximum atomic E-state index is 11.4. The van der Waals surface area contributed by atoms with E-state index in [0.29, 0.717) is 55.9 Å². The van der Waals surface area contributed by atoms with Gasteiger partial charge in [0.1, 0.15) is 11.4 Å². The van der Waals surface area contributed by atoms with Crippen LogP contribution in [-0.2, 0) is 9.47 Å². The van der Waals surface area contributed by atoms with Crippen molar-refractivity contribution < 1.29 is 14.4 Å². The van der Waals surface area contributed by atoms with Crippen LogP contribution in [0.25, 0.3) is 0 Å². The van der Waals surface area contributed by atoms with Crippen LogP contribution in [0.5, 0.6) is 0 Å². The molecule has 1 aromatic rings. The number of nitro groups is 1. The zero-order valence-electron chi connectivity index (χ0n) is 14.3. The first kappa shape index (κ1) is 20.5. The summed E-state index contributed by atoms with van der Waals surface area (Å²) in [7, 11) is 0. The van der Waals surface area contributed by atoms with Crippen LogP contribution in [0.4, 0.5) is 17.1 Å². The van der Waals surface area contributed by atoms with Gasteiger partial charge in [-0.1, -0.05) is 25.4 Å². The smallest absolute Gasteiger partial charge is 0.315 e. The quantitative estimate of drug-likeness (QED) is 0.315. The van der Waals surface area contributed by atoms with E-state index in [9.17, 15) is 10.1 Å². The van der Waals surface area contributed by atoms with Crippen LogP contribution in [0.1, 0.15) is 26.7 Å². The molecule has 0 heterocycles. The van der Waals surface area contributed by atoms with Crippen molar-refractivity contribution in [3.8, 4) is 0 Å². The summed E-state index contributed by atoms with van der Waals surface area (Å²) in [5, 5.41) is 17.9. The molecule has 1 aromatic carbocycles. The molecule has 0 aromatic heterocycles. The molecular formula is C16H26ClN3O4. The van der Waals surface area contributed by atoms with Crippen molar-refractivity contribution >= 4 is 28.7 Å². The van der Waals surface area contributed by atoms with E-state index in [1.807, 2.05) is 13.8 Å². The molecule has 24 heavy (non-hydrogen) atoms. The first-order valence-corrected chi connectivity index (χ1v) is 8.59. The highest BCUT2D eigenvalue weighted by Gasteiger charge is 2.21. The highest BCUT2D eigenvalue weighted by atomic mass is 35.5. The van der Waals surface area contributed by atoms with Crippen molar-refractivity contribution in [2.45, 2.75) is 26.7 Å². The molecule has 0 fully saturated rings. The molecule has 0 saturated carbocycles. The Morgan fingerprint density at radius 3 is 1.83 bits per heavy atom. The van der Waals surface area contributed by atoms with Crippen LogP contribution < -0.4 is 10.6 Å². The predicted molar refractivity (Wildman–Crippen MR) is 97.3 cm³/mol. The lowest BCUT2D eigenvalue weighted by Gasteiger charge is -2.13.